The fourth-order valence-corrected chi connectivity index (χ4v) is 2.84. The van der Waals surface area contributed by atoms with Crippen LogP contribution in [-0.2, 0) is 0 Å². The minimum Gasteiger partial charge on any atom is -0.366 e. The zero-order valence-corrected chi connectivity index (χ0v) is 12.0. The summed E-state index contributed by atoms with van der Waals surface area (Å²) >= 11 is 0. The van der Waals surface area contributed by atoms with Crippen LogP contribution in [0.25, 0.3) is 0 Å². The Morgan fingerprint density at radius 1 is 1.38 bits per heavy atom. The van der Waals surface area contributed by atoms with Crippen LogP contribution in [0.3, 0.4) is 0 Å². The predicted molar refractivity (Wildman–Crippen MR) is 77.9 cm³/mol. The lowest BCUT2D eigenvalue weighted by Gasteiger charge is -2.42. The van der Waals surface area contributed by atoms with E-state index >= 15 is 0 Å². The number of amides is 1. The lowest BCUT2D eigenvalue weighted by Crippen LogP contribution is -2.49. The van der Waals surface area contributed by atoms with Crippen LogP contribution in [0, 0.1) is 19.7 Å². The predicted octanol–water partition coefficient (Wildman–Crippen LogP) is 1.80. The maximum atomic E-state index is 13.8. The smallest absolute Gasteiger partial charge is 0.253 e. The molecule has 0 bridgehead atoms. The number of nitrogens with zero attached hydrogens (tertiary/aromatic N) is 3. The molecule has 3 rings (SSSR count). The molecule has 1 aromatic heterocycles. The zero-order chi connectivity index (χ0) is 15.1. The van der Waals surface area contributed by atoms with Gasteiger partial charge in [0.2, 0.25) is 0 Å². The molecule has 0 atom stereocenters. The van der Waals surface area contributed by atoms with Gasteiger partial charge in [-0.3, -0.25) is 9.48 Å². The summed E-state index contributed by atoms with van der Waals surface area (Å²) in [5.74, 6) is -1.31. The van der Waals surface area contributed by atoms with Gasteiger partial charge in [0.15, 0.2) is 0 Å². The Bertz CT molecular complexity index is 704. The normalized spacial score (nSPS) is 15.1. The Hall–Kier alpha value is -2.37. The van der Waals surface area contributed by atoms with Gasteiger partial charge in [-0.05, 0) is 32.0 Å². The topological polar surface area (TPSA) is 64.2 Å². The van der Waals surface area contributed by atoms with E-state index in [2.05, 4.69) is 5.10 Å². The van der Waals surface area contributed by atoms with E-state index in [1.54, 1.807) is 12.1 Å². The van der Waals surface area contributed by atoms with Gasteiger partial charge in [-0.15, -0.1) is 0 Å². The first-order valence-electron chi connectivity index (χ1n) is 6.83. The molecule has 1 aliphatic heterocycles. The van der Waals surface area contributed by atoms with Crippen molar-refractivity contribution in [2.24, 2.45) is 5.73 Å². The third kappa shape index (κ3) is 2.26. The van der Waals surface area contributed by atoms with Crippen LogP contribution in [0.4, 0.5) is 10.1 Å². The number of anilines is 1. The Morgan fingerprint density at radius 2 is 2.10 bits per heavy atom. The highest BCUT2D eigenvalue weighted by Crippen LogP contribution is 2.32. The quantitative estimate of drug-likeness (QED) is 0.936. The van der Waals surface area contributed by atoms with Gasteiger partial charge in [-0.1, -0.05) is 6.07 Å². The number of primary amides is 1. The number of aryl methyl sites for hydroxylation is 2. The molecule has 110 valence electrons. The second-order valence-electron chi connectivity index (χ2n) is 5.43. The largest absolute Gasteiger partial charge is 0.366 e. The van der Waals surface area contributed by atoms with Crippen molar-refractivity contribution in [2.45, 2.75) is 19.9 Å². The van der Waals surface area contributed by atoms with Crippen molar-refractivity contribution < 1.29 is 9.18 Å². The first-order valence-corrected chi connectivity index (χ1v) is 6.83. The molecular weight excluding hydrogens is 271 g/mol. The van der Waals surface area contributed by atoms with Gasteiger partial charge in [0, 0.05) is 18.8 Å². The molecule has 1 fully saturated rings. The summed E-state index contributed by atoms with van der Waals surface area (Å²) in [7, 11) is 0. The molecule has 0 aliphatic carbocycles. The lowest BCUT2D eigenvalue weighted by atomic mass is 10.0. The fourth-order valence-electron chi connectivity index (χ4n) is 2.84. The molecule has 2 N–H and O–H groups in total. The molecule has 0 radical (unpaired) electrons. The van der Waals surface area contributed by atoms with Crippen LogP contribution in [0.15, 0.2) is 24.3 Å². The van der Waals surface area contributed by atoms with Crippen molar-refractivity contribution in [3.05, 3.63) is 47.0 Å². The third-order valence-electron chi connectivity index (χ3n) is 3.83. The van der Waals surface area contributed by atoms with Crippen LogP contribution < -0.4 is 10.6 Å². The van der Waals surface area contributed by atoms with E-state index in [1.807, 2.05) is 29.5 Å². The van der Waals surface area contributed by atoms with Crippen molar-refractivity contribution in [1.29, 1.82) is 0 Å². The molecule has 0 unspecified atom stereocenters. The standard InChI is InChI=1S/C15H17FN4O/c1-9-6-10(2)20(18-9)11-7-19(8-11)13-5-3-4-12(16)14(13)15(17)21/h3-6,11H,7-8H2,1-2H3,(H2,17,21). The Balaban J connectivity index is 1.82. The second kappa shape index (κ2) is 4.87. The van der Waals surface area contributed by atoms with Crippen molar-refractivity contribution in [3.63, 3.8) is 0 Å². The Morgan fingerprint density at radius 3 is 2.67 bits per heavy atom. The Labute approximate surface area is 122 Å². The number of carbonyl (C=O) groups excluding carboxylic acids is 1. The lowest BCUT2D eigenvalue weighted by molar-refractivity contribution is 0.0996. The van der Waals surface area contributed by atoms with Gasteiger partial charge in [0.05, 0.1) is 23.0 Å². The van der Waals surface area contributed by atoms with Gasteiger partial charge >= 0.3 is 0 Å². The summed E-state index contributed by atoms with van der Waals surface area (Å²) in [6.45, 7) is 5.34. The summed E-state index contributed by atoms with van der Waals surface area (Å²) in [5, 5.41) is 4.46. The number of nitrogens with two attached hydrogens (primary N) is 1. The number of hydrogen-bond acceptors (Lipinski definition) is 3. The van der Waals surface area contributed by atoms with Gasteiger partial charge in [-0.2, -0.15) is 5.10 Å². The molecule has 6 heteroatoms. The highest BCUT2D eigenvalue weighted by Gasteiger charge is 2.32. The highest BCUT2D eigenvalue weighted by atomic mass is 19.1. The fraction of sp³-hybridized carbons (Fsp3) is 0.333. The summed E-state index contributed by atoms with van der Waals surface area (Å²) in [6.07, 6.45) is 0. The van der Waals surface area contributed by atoms with E-state index in [0.29, 0.717) is 18.8 Å². The summed E-state index contributed by atoms with van der Waals surface area (Å²) in [4.78, 5) is 13.4. The van der Waals surface area contributed by atoms with Crippen molar-refractivity contribution in [1.82, 2.24) is 9.78 Å². The average Bonchev–Trinajstić information content (AvgIpc) is 2.66. The molecule has 2 aromatic rings. The summed E-state index contributed by atoms with van der Waals surface area (Å²) < 4.78 is 15.7. The van der Waals surface area contributed by atoms with Gasteiger partial charge < -0.3 is 10.6 Å². The van der Waals surface area contributed by atoms with Crippen molar-refractivity contribution >= 4 is 11.6 Å². The third-order valence-corrected chi connectivity index (χ3v) is 3.83. The number of carbonyl (C=O) groups is 1. The van der Waals surface area contributed by atoms with Crippen LogP contribution in [0.5, 0.6) is 0 Å². The Kier molecular flexibility index (Phi) is 3.16. The molecule has 1 aromatic carbocycles. The average molecular weight is 288 g/mol. The second-order valence-corrected chi connectivity index (χ2v) is 5.43. The molecule has 1 aliphatic rings. The summed E-state index contributed by atoms with van der Waals surface area (Å²) in [5.41, 5.74) is 7.88. The molecule has 1 saturated heterocycles. The van der Waals surface area contributed by atoms with E-state index < -0.39 is 11.7 Å². The minimum absolute atomic E-state index is 0.0377. The number of rotatable bonds is 3. The first-order chi connectivity index (χ1) is 9.97. The molecule has 2 heterocycles. The summed E-state index contributed by atoms with van der Waals surface area (Å²) in [6, 6.07) is 6.83. The van der Waals surface area contributed by atoms with Crippen molar-refractivity contribution in [3.8, 4) is 0 Å². The molecular formula is C15H17FN4O. The molecule has 0 spiro atoms. The number of benzene rings is 1. The molecule has 0 saturated carbocycles. The van der Waals surface area contributed by atoms with Crippen molar-refractivity contribution in [2.75, 3.05) is 18.0 Å². The minimum atomic E-state index is -0.738. The first kappa shape index (κ1) is 13.6. The highest BCUT2D eigenvalue weighted by molar-refractivity contribution is 5.99. The van der Waals surface area contributed by atoms with E-state index in [9.17, 15) is 9.18 Å². The zero-order valence-electron chi connectivity index (χ0n) is 12.0. The number of halogens is 1. The van der Waals surface area contributed by atoms with Crippen LogP contribution in [-0.4, -0.2) is 28.8 Å². The number of hydrogen-bond donors (Lipinski definition) is 1. The van der Waals surface area contributed by atoms with E-state index in [1.165, 1.54) is 6.07 Å². The molecule has 1 amide bonds. The van der Waals surface area contributed by atoms with Crippen LogP contribution in [0.2, 0.25) is 0 Å². The van der Waals surface area contributed by atoms with E-state index in [0.717, 1.165) is 11.4 Å². The maximum absolute atomic E-state index is 13.8. The van der Waals surface area contributed by atoms with Crippen LogP contribution in [0.1, 0.15) is 27.8 Å². The van der Waals surface area contributed by atoms with E-state index in [-0.39, 0.29) is 11.6 Å². The molecule has 5 nitrogen and oxygen atoms in total. The van der Waals surface area contributed by atoms with Crippen LogP contribution >= 0.6 is 0 Å². The van der Waals surface area contributed by atoms with Gasteiger partial charge in [-0.25, -0.2) is 4.39 Å². The van der Waals surface area contributed by atoms with E-state index in [4.69, 9.17) is 5.73 Å². The number of aromatic nitrogens is 2. The molecule has 21 heavy (non-hydrogen) atoms. The SMILES string of the molecule is Cc1cc(C)n(C2CN(c3cccc(F)c3C(N)=O)C2)n1. The van der Waals surface area contributed by atoms with Gasteiger partial charge in [0.25, 0.3) is 5.91 Å². The maximum Gasteiger partial charge on any atom is 0.253 e. The monoisotopic (exact) mass is 288 g/mol. The van der Waals surface area contributed by atoms with Gasteiger partial charge in [0.1, 0.15) is 5.82 Å².